The molecule has 3 atom stereocenters. The van der Waals surface area contributed by atoms with Gasteiger partial charge in [0.2, 0.25) is 12.5 Å². The number of anilines is 1. The molecule has 3 aliphatic rings. The van der Waals surface area contributed by atoms with Crippen LogP contribution in [-0.2, 0) is 4.79 Å². The highest BCUT2D eigenvalue weighted by molar-refractivity contribution is 6.09. The first-order valence-electron chi connectivity index (χ1n) is 11.9. The van der Waals surface area contributed by atoms with Crippen molar-refractivity contribution in [3.8, 4) is 28.7 Å². The Labute approximate surface area is 213 Å². The molecule has 3 unspecified atom stereocenters. The minimum atomic E-state index is -0.908. The molecule has 9 heteroatoms. The zero-order chi connectivity index (χ0) is 25.7. The van der Waals surface area contributed by atoms with Crippen LogP contribution in [0.1, 0.15) is 22.6 Å². The van der Waals surface area contributed by atoms with Gasteiger partial charge in [-0.2, -0.15) is 5.10 Å². The highest BCUT2D eigenvalue weighted by atomic mass is 16.7. The van der Waals surface area contributed by atoms with Crippen LogP contribution in [-0.4, -0.2) is 51.5 Å². The Morgan fingerprint density at radius 3 is 2.27 bits per heavy atom. The summed E-state index contributed by atoms with van der Waals surface area (Å²) in [6.45, 7) is 0.548. The predicted octanol–water partition coefficient (Wildman–Crippen LogP) is 4.13. The summed E-state index contributed by atoms with van der Waals surface area (Å²) >= 11 is 0. The molecule has 2 heterocycles. The number of carboxylic acid groups (broad SMARTS) is 1. The molecule has 0 saturated carbocycles. The lowest BCUT2D eigenvalue weighted by Gasteiger charge is -2.36. The molecule has 1 N–H and O–H groups in total. The fourth-order valence-corrected chi connectivity index (χ4v) is 5.66. The fourth-order valence-electron chi connectivity index (χ4n) is 5.66. The maximum absolute atomic E-state index is 13.0. The van der Waals surface area contributed by atoms with Crippen molar-refractivity contribution >= 4 is 17.4 Å². The molecule has 0 saturated heterocycles. The van der Waals surface area contributed by atoms with Crippen LogP contribution >= 0.6 is 0 Å². The van der Waals surface area contributed by atoms with E-state index in [1.54, 1.807) is 14.2 Å². The van der Waals surface area contributed by atoms with Gasteiger partial charge in [-0.15, -0.1) is 0 Å². The average Bonchev–Trinajstić information content (AvgIpc) is 3.57. The van der Waals surface area contributed by atoms with Gasteiger partial charge in [-0.25, -0.2) is 0 Å². The lowest BCUT2D eigenvalue weighted by molar-refractivity contribution is -0.143. The topological polar surface area (TPSA) is 99.1 Å². The Morgan fingerprint density at radius 2 is 1.65 bits per heavy atom. The predicted molar refractivity (Wildman–Crippen MR) is 135 cm³/mol. The number of benzene rings is 3. The SMILES string of the molecule is COc1cc(C2c3cc4c(cc3C3=NN(c5ccccc5)CC3C2C(=O)O)OCO4)cc(OC)c1OC. The van der Waals surface area contributed by atoms with Crippen molar-refractivity contribution in [1.82, 2.24) is 0 Å². The number of carbonyl (C=O) groups is 1. The maximum atomic E-state index is 13.0. The summed E-state index contributed by atoms with van der Waals surface area (Å²) in [5, 5.41) is 17.4. The molecule has 3 aromatic rings. The second kappa shape index (κ2) is 8.92. The number of para-hydroxylation sites is 1. The van der Waals surface area contributed by atoms with Gasteiger partial charge in [0.15, 0.2) is 23.0 Å². The van der Waals surface area contributed by atoms with Crippen LogP contribution in [0.2, 0.25) is 0 Å². The number of rotatable bonds is 6. The van der Waals surface area contributed by atoms with E-state index in [1.807, 2.05) is 59.6 Å². The molecular formula is C28H26N2O7. The quantitative estimate of drug-likeness (QED) is 0.537. The number of hydrogen-bond donors (Lipinski definition) is 1. The normalized spacial score (nSPS) is 21.1. The van der Waals surface area contributed by atoms with Crippen LogP contribution in [0.15, 0.2) is 59.7 Å². The van der Waals surface area contributed by atoms with Gasteiger partial charge < -0.3 is 28.8 Å². The molecule has 190 valence electrons. The van der Waals surface area contributed by atoms with E-state index in [0.29, 0.717) is 35.3 Å². The number of nitrogens with zero attached hydrogens (tertiary/aromatic N) is 2. The smallest absolute Gasteiger partial charge is 0.308 e. The molecule has 0 radical (unpaired) electrons. The molecular weight excluding hydrogens is 476 g/mol. The van der Waals surface area contributed by atoms with Crippen molar-refractivity contribution in [1.29, 1.82) is 0 Å². The van der Waals surface area contributed by atoms with E-state index >= 15 is 0 Å². The van der Waals surface area contributed by atoms with Gasteiger partial charge in [0.05, 0.1) is 45.2 Å². The monoisotopic (exact) mass is 502 g/mol. The number of fused-ring (bicyclic) bond motifs is 4. The van der Waals surface area contributed by atoms with E-state index in [-0.39, 0.29) is 12.7 Å². The molecule has 6 rings (SSSR count). The van der Waals surface area contributed by atoms with Gasteiger partial charge in [-0.3, -0.25) is 9.80 Å². The first-order chi connectivity index (χ1) is 18.0. The van der Waals surface area contributed by atoms with Crippen LogP contribution in [0.3, 0.4) is 0 Å². The molecule has 9 nitrogen and oxygen atoms in total. The number of carboxylic acids is 1. The molecule has 1 aliphatic carbocycles. The Balaban J connectivity index is 1.57. The summed E-state index contributed by atoms with van der Waals surface area (Å²) < 4.78 is 28.1. The van der Waals surface area contributed by atoms with Gasteiger partial charge in [0.1, 0.15) is 0 Å². The summed E-state index contributed by atoms with van der Waals surface area (Å²) in [5.74, 6) is -0.0446. The zero-order valence-electron chi connectivity index (χ0n) is 20.6. The molecule has 0 bridgehead atoms. The van der Waals surface area contributed by atoms with Crippen molar-refractivity contribution in [3.05, 3.63) is 71.3 Å². The molecule has 0 fully saturated rings. The van der Waals surface area contributed by atoms with Crippen molar-refractivity contribution in [3.63, 3.8) is 0 Å². The van der Waals surface area contributed by atoms with Crippen molar-refractivity contribution in [2.45, 2.75) is 5.92 Å². The summed E-state index contributed by atoms with van der Waals surface area (Å²) in [5.41, 5.74) is 4.02. The van der Waals surface area contributed by atoms with Gasteiger partial charge in [0, 0.05) is 17.4 Å². The van der Waals surface area contributed by atoms with Gasteiger partial charge in [-0.05, 0) is 47.5 Å². The lowest BCUT2D eigenvalue weighted by Crippen LogP contribution is -2.41. The van der Waals surface area contributed by atoms with Crippen LogP contribution < -0.4 is 28.7 Å². The lowest BCUT2D eigenvalue weighted by atomic mass is 9.65. The van der Waals surface area contributed by atoms with E-state index in [0.717, 1.165) is 28.1 Å². The van der Waals surface area contributed by atoms with E-state index in [4.69, 9.17) is 28.8 Å². The number of methoxy groups -OCH3 is 3. The molecule has 0 aromatic heterocycles. The highest BCUT2D eigenvalue weighted by Gasteiger charge is 2.50. The molecule has 0 spiro atoms. The minimum Gasteiger partial charge on any atom is -0.493 e. The average molecular weight is 503 g/mol. The summed E-state index contributed by atoms with van der Waals surface area (Å²) in [4.78, 5) is 13.0. The summed E-state index contributed by atoms with van der Waals surface area (Å²) in [6, 6.07) is 17.2. The Morgan fingerprint density at radius 1 is 0.973 bits per heavy atom. The number of ether oxygens (including phenoxy) is 5. The van der Waals surface area contributed by atoms with Gasteiger partial charge >= 0.3 is 5.97 Å². The molecule has 3 aromatic carbocycles. The van der Waals surface area contributed by atoms with Crippen molar-refractivity contribution in [2.24, 2.45) is 16.9 Å². The summed E-state index contributed by atoms with van der Waals surface area (Å²) in [7, 11) is 4.63. The van der Waals surface area contributed by atoms with Crippen LogP contribution in [0, 0.1) is 11.8 Å². The largest absolute Gasteiger partial charge is 0.493 e. The number of hydrogen-bond acceptors (Lipinski definition) is 8. The van der Waals surface area contributed by atoms with E-state index in [2.05, 4.69) is 0 Å². The second-order valence-electron chi connectivity index (χ2n) is 9.10. The Hall–Kier alpha value is -4.40. The Kier molecular flexibility index (Phi) is 5.55. The zero-order valence-corrected chi connectivity index (χ0v) is 20.6. The molecule has 2 aliphatic heterocycles. The van der Waals surface area contributed by atoms with Crippen LogP contribution in [0.25, 0.3) is 0 Å². The number of hydrazone groups is 1. The van der Waals surface area contributed by atoms with Crippen molar-refractivity contribution in [2.75, 3.05) is 39.7 Å². The minimum absolute atomic E-state index is 0.113. The first-order valence-corrected chi connectivity index (χ1v) is 11.9. The molecule has 0 amide bonds. The Bertz CT molecular complexity index is 1380. The van der Waals surface area contributed by atoms with E-state index < -0.39 is 17.8 Å². The first kappa shape index (κ1) is 23.0. The van der Waals surface area contributed by atoms with Crippen molar-refractivity contribution < 1.29 is 33.6 Å². The highest BCUT2D eigenvalue weighted by Crippen LogP contribution is 2.52. The van der Waals surface area contributed by atoms with Gasteiger partial charge in [-0.1, -0.05) is 18.2 Å². The fraction of sp³-hybridized carbons (Fsp3) is 0.286. The van der Waals surface area contributed by atoms with Crippen LogP contribution in [0.4, 0.5) is 5.69 Å². The third-order valence-electron chi connectivity index (χ3n) is 7.28. The van der Waals surface area contributed by atoms with Crippen LogP contribution in [0.5, 0.6) is 28.7 Å². The van der Waals surface area contributed by atoms with E-state index in [9.17, 15) is 9.90 Å². The number of aliphatic carboxylic acids is 1. The third-order valence-corrected chi connectivity index (χ3v) is 7.28. The van der Waals surface area contributed by atoms with E-state index in [1.165, 1.54) is 7.11 Å². The van der Waals surface area contributed by atoms with Gasteiger partial charge in [0.25, 0.3) is 0 Å². The standard InChI is InChI=1S/C28H26N2O7/c1-33-22-9-15(10-23(34-2)27(22)35-3)24-17-11-20-21(37-14-36-20)12-18(17)26-19(25(24)28(31)32)13-30(29-26)16-7-5-4-6-8-16/h4-12,19,24-25H,13-14H2,1-3H3,(H,31,32). The molecule has 37 heavy (non-hydrogen) atoms. The second-order valence-corrected chi connectivity index (χ2v) is 9.10. The third kappa shape index (κ3) is 3.61. The summed E-state index contributed by atoms with van der Waals surface area (Å²) in [6.07, 6.45) is 0. The maximum Gasteiger partial charge on any atom is 0.308 e.